The molecular weight excluding hydrogens is 330 g/mol. The first-order chi connectivity index (χ1) is 12.7. The number of methoxy groups -OCH3 is 1. The molecule has 1 amide bonds. The Bertz CT molecular complexity index is 829. The molecule has 2 aromatic carbocycles. The number of nitrogens with zero attached hydrogens (tertiary/aromatic N) is 1. The second-order valence-corrected chi connectivity index (χ2v) is 5.69. The zero-order chi connectivity index (χ0) is 18.2. The molecular formula is C20H21N3O3. The number of amides is 1. The molecule has 0 unspecified atom stereocenters. The standard InChI is InChI=1S/C20H21N3O3/c1-25-17-9-7-15(8-10-17)20-22-13-16(23-20)11-12-21-19(24)14-26-18-5-3-2-4-6-18/h2-10,13H,11-12,14H2,1H3,(H,21,24)(H,22,23). The van der Waals surface area contributed by atoms with E-state index in [9.17, 15) is 4.79 Å². The van der Waals surface area contributed by atoms with Crippen molar-refractivity contribution in [2.45, 2.75) is 6.42 Å². The summed E-state index contributed by atoms with van der Waals surface area (Å²) in [4.78, 5) is 19.5. The Morgan fingerprint density at radius 2 is 1.85 bits per heavy atom. The zero-order valence-electron chi connectivity index (χ0n) is 14.6. The number of hydrogen-bond donors (Lipinski definition) is 2. The monoisotopic (exact) mass is 351 g/mol. The quantitative estimate of drug-likeness (QED) is 0.654. The van der Waals surface area contributed by atoms with E-state index in [0.29, 0.717) is 18.7 Å². The number of carbonyl (C=O) groups is 1. The number of rotatable bonds is 8. The third-order valence-corrected chi connectivity index (χ3v) is 3.82. The fourth-order valence-electron chi connectivity index (χ4n) is 2.43. The van der Waals surface area contributed by atoms with E-state index in [2.05, 4.69) is 15.3 Å². The average molecular weight is 351 g/mol. The van der Waals surface area contributed by atoms with Crippen LogP contribution in [0.1, 0.15) is 5.69 Å². The summed E-state index contributed by atoms with van der Waals surface area (Å²) in [7, 11) is 1.64. The van der Waals surface area contributed by atoms with E-state index in [1.165, 1.54) is 0 Å². The summed E-state index contributed by atoms with van der Waals surface area (Å²) in [6, 6.07) is 17.0. The number of imidazole rings is 1. The van der Waals surface area contributed by atoms with Gasteiger partial charge in [-0.15, -0.1) is 0 Å². The Balaban J connectivity index is 1.43. The van der Waals surface area contributed by atoms with Crippen molar-refractivity contribution in [3.05, 3.63) is 66.5 Å². The van der Waals surface area contributed by atoms with Crippen LogP contribution in [0.5, 0.6) is 11.5 Å². The predicted molar refractivity (Wildman–Crippen MR) is 99.2 cm³/mol. The van der Waals surface area contributed by atoms with Crippen molar-refractivity contribution in [2.75, 3.05) is 20.3 Å². The van der Waals surface area contributed by atoms with Gasteiger partial charge in [-0.05, 0) is 36.4 Å². The predicted octanol–water partition coefficient (Wildman–Crippen LogP) is 2.82. The van der Waals surface area contributed by atoms with Crippen molar-refractivity contribution < 1.29 is 14.3 Å². The number of H-pyrrole nitrogens is 1. The molecule has 0 spiro atoms. The van der Waals surface area contributed by atoms with E-state index >= 15 is 0 Å². The van der Waals surface area contributed by atoms with Crippen molar-refractivity contribution in [3.8, 4) is 22.9 Å². The van der Waals surface area contributed by atoms with Crippen LogP contribution in [-0.2, 0) is 11.2 Å². The highest BCUT2D eigenvalue weighted by atomic mass is 16.5. The van der Waals surface area contributed by atoms with Gasteiger partial charge < -0.3 is 19.8 Å². The van der Waals surface area contributed by atoms with Gasteiger partial charge in [0.25, 0.3) is 5.91 Å². The first-order valence-electron chi connectivity index (χ1n) is 8.37. The van der Waals surface area contributed by atoms with Gasteiger partial charge in [0.2, 0.25) is 0 Å². The van der Waals surface area contributed by atoms with Crippen LogP contribution in [0.25, 0.3) is 11.4 Å². The third kappa shape index (κ3) is 4.86. The van der Waals surface area contributed by atoms with Crippen LogP contribution >= 0.6 is 0 Å². The first-order valence-corrected chi connectivity index (χ1v) is 8.37. The summed E-state index contributed by atoms with van der Waals surface area (Å²) in [5, 5.41) is 2.84. The minimum Gasteiger partial charge on any atom is -0.497 e. The van der Waals surface area contributed by atoms with Crippen LogP contribution in [-0.4, -0.2) is 36.1 Å². The molecule has 0 bridgehead atoms. The number of ether oxygens (including phenoxy) is 2. The molecule has 0 aliphatic rings. The summed E-state index contributed by atoms with van der Waals surface area (Å²) < 4.78 is 10.6. The molecule has 0 aliphatic carbocycles. The number of nitrogens with one attached hydrogen (secondary N) is 2. The largest absolute Gasteiger partial charge is 0.497 e. The maximum Gasteiger partial charge on any atom is 0.257 e. The SMILES string of the molecule is COc1ccc(-c2ncc(CCNC(=O)COc3ccccc3)[nH]2)cc1. The molecule has 1 heterocycles. The number of hydrogen-bond acceptors (Lipinski definition) is 4. The lowest BCUT2D eigenvalue weighted by Gasteiger charge is -2.06. The van der Waals surface area contributed by atoms with E-state index in [4.69, 9.17) is 9.47 Å². The minimum atomic E-state index is -0.149. The van der Waals surface area contributed by atoms with Gasteiger partial charge >= 0.3 is 0 Å². The van der Waals surface area contributed by atoms with Crippen LogP contribution in [0.2, 0.25) is 0 Å². The van der Waals surface area contributed by atoms with Crippen LogP contribution in [0.3, 0.4) is 0 Å². The highest BCUT2D eigenvalue weighted by Gasteiger charge is 2.06. The topological polar surface area (TPSA) is 76.2 Å². The van der Waals surface area contributed by atoms with Crippen LogP contribution in [0, 0.1) is 0 Å². The molecule has 26 heavy (non-hydrogen) atoms. The van der Waals surface area contributed by atoms with E-state index in [0.717, 1.165) is 22.8 Å². The molecule has 3 rings (SSSR count). The van der Waals surface area contributed by atoms with Gasteiger partial charge in [-0.2, -0.15) is 0 Å². The first kappa shape index (κ1) is 17.5. The average Bonchev–Trinajstić information content (AvgIpc) is 3.16. The van der Waals surface area contributed by atoms with Crippen LogP contribution < -0.4 is 14.8 Å². The summed E-state index contributed by atoms with van der Waals surface area (Å²) in [6.45, 7) is 0.519. The Morgan fingerprint density at radius 3 is 2.58 bits per heavy atom. The normalized spacial score (nSPS) is 10.3. The lowest BCUT2D eigenvalue weighted by Crippen LogP contribution is -2.30. The minimum absolute atomic E-state index is 0.00406. The van der Waals surface area contributed by atoms with E-state index in [1.54, 1.807) is 13.3 Å². The molecule has 1 aromatic heterocycles. The highest BCUT2D eigenvalue weighted by Crippen LogP contribution is 2.19. The summed E-state index contributed by atoms with van der Waals surface area (Å²) in [5.74, 6) is 2.13. The summed E-state index contributed by atoms with van der Waals surface area (Å²) in [5.41, 5.74) is 1.94. The molecule has 6 nitrogen and oxygen atoms in total. The molecule has 6 heteroatoms. The zero-order valence-corrected chi connectivity index (χ0v) is 14.6. The van der Waals surface area contributed by atoms with Crippen molar-refractivity contribution in [3.63, 3.8) is 0 Å². The van der Waals surface area contributed by atoms with Gasteiger partial charge in [0, 0.05) is 30.4 Å². The maximum atomic E-state index is 11.8. The lowest BCUT2D eigenvalue weighted by molar-refractivity contribution is -0.123. The molecule has 3 aromatic rings. The maximum absolute atomic E-state index is 11.8. The Labute approximate surface area is 152 Å². The Kier molecular flexibility index (Phi) is 5.88. The Hall–Kier alpha value is -3.28. The Morgan fingerprint density at radius 1 is 1.08 bits per heavy atom. The molecule has 0 atom stereocenters. The molecule has 0 fully saturated rings. The third-order valence-electron chi connectivity index (χ3n) is 3.82. The van der Waals surface area contributed by atoms with E-state index < -0.39 is 0 Å². The molecule has 134 valence electrons. The number of benzene rings is 2. The number of para-hydroxylation sites is 1. The molecule has 0 aliphatic heterocycles. The van der Waals surface area contributed by atoms with Gasteiger partial charge in [-0.1, -0.05) is 18.2 Å². The van der Waals surface area contributed by atoms with Gasteiger partial charge in [-0.3, -0.25) is 4.79 Å². The second kappa shape index (κ2) is 8.71. The fourth-order valence-corrected chi connectivity index (χ4v) is 2.43. The second-order valence-electron chi connectivity index (χ2n) is 5.69. The van der Waals surface area contributed by atoms with Crippen molar-refractivity contribution in [2.24, 2.45) is 0 Å². The summed E-state index contributed by atoms with van der Waals surface area (Å²) >= 11 is 0. The van der Waals surface area contributed by atoms with Crippen molar-refractivity contribution in [1.29, 1.82) is 0 Å². The number of aromatic amines is 1. The fraction of sp³-hybridized carbons (Fsp3) is 0.200. The molecule has 0 radical (unpaired) electrons. The van der Waals surface area contributed by atoms with Crippen molar-refractivity contribution in [1.82, 2.24) is 15.3 Å². The van der Waals surface area contributed by atoms with Gasteiger partial charge in [0.05, 0.1) is 7.11 Å². The number of carbonyl (C=O) groups excluding carboxylic acids is 1. The van der Waals surface area contributed by atoms with Gasteiger partial charge in [-0.25, -0.2) is 4.98 Å². The van der Waals surface area contributed by atoms with Crippen LogP contribution in [0.15, 0.2) is 60.8 Å². The molecule has 0 saturated heterocycles. The number of aromatic nitrogens is 2. The lowest BCUT2D eigenvalue weighted by atomic mass is 10.2. The van der Waals surface area contributed by atoms with Gasteiger partial charge in [0.1, 0.15) is 17.3 Å². The van der Waals surface area contributed by atoms with E-state index in [1.807, 2.05) is 54.6 Å². The smallest absolute Gasteiger partial charge is 0.257 e. The molecule has 2 N–H and O–H groups in total. The molecule has 0 saturated carbocycles. The van der Waals surface area contributed by atoms with Crippen molar-refractivity contribution >= 4 is 5.91 Å². The van der Waals surface area contributed by atoms with Crippen LogP contribution in [0.4, 0.5) is 0 Å². The van der Waals surface area contributed by atoms with Gasteiger partial charge in [0.15, 0.2) is 6.61 Å². The highest BCUT2D eigenvalue weighted by molar-refractivity contribution is 5.77. The van der Waals surface area contributed by atoms with E-state index in [-0.39, 0.29) is 12.5 Å². The summed E-state index contributed by atoms with van der Waals surface area (Å²) in [6.07, 6.45) is 2.45.